The van der Waals surface area contributed by atoms with Crippen molar-refractivity contribution >= 4 is 17.1 Å². The first-order valence-corrected chi connectivity index (χ1v) is 9.29. The van der Waals surface area contributed by atoms with Gasteiger partial charge in [-0.3, -0.25) is 0 Å². The molecule has 1 nitrogen and oxygen atoms in total. The average Bonchev–Trinajstić information content (AvgIpc) is 2.53. The molecule has 0 aliphatic carbocycles. The maximum atomic E-state index is 5.58. The standard InChI is InChI=1S/C20H33NS/c1-5-6-11-18(16(2)3)14-10-15-21-17(4)20(22)19-12-8-7-9-13-19/h7-9,12-13,16-18,21H,5-6,10-11,14-15H2,1-4H3. The Kier molecular flexibility index (Phi) is 9.58. The predicted molar refractivity (Wildman–Crippen MR) is 103 cm³/mol. The normalized spacial score (nSPS) is 14.0. The summed E-state index contributed by atoms with van der Waals surface area (Å²) in [5.41, 5.74) is 1.17. The van der Waals surface area contributed by atoms with Crippen LogP contribution in [0.4, 0.5) is 0 Å². The molecule has 2 unspecified atom stereocenters. The number of benzene rings is 1. The van der Waals surface area contributed by atoms with Gasteiger partial charge in [-0.1, -0.05) is 82.6 Å². The van der Waals surface area contributed by atoms with E-state index in [1.54, 1.807) is 0 Å². The van der Waals surface area contributed by atoms with Crippen LogP contribution in [0, 0.1) is 11.8 Å². The summed E-state index contributed by atoms with van der Waals surface area (Å²) in [6.45, 7) is 10.2. The quantitative estimate of drug-likeness (QED) is 0.322. The fraction of sp³-hybridized carbons (Fsp3) is 0.650. The monoisotopic (exact) mass is 319 g/mol. The third-order valence-corrected chi connectivity index (χ3v) is 5.11. The van der Waals surface area contributed by atoms with Crippen molar-refractivity contribution in [3.63, 3.8) is 0 Å². The van der Waals surface area contributed by atoms with Crippen LogP contribution in [-0.2, 0) is 0 Å². The molecule has 2 atom stereocenters. The van der Waals surface area contributed by atoms with Gasteiger partial charge in [-0.05, 0) is 43.7 Å². The van der Waals surface area contributed by atoms with Crippen molar-refractivity contribution in [3.05, 3.63) is 35.9 Å². The lowest BCUT2D eigenvalue weighted by atomic mass is 9.87. The summed E-state index contributed by atoms with van der Waals surface area (Å²) in [5, 5.41) is 3.59. The van der Waals surface area contributed by atoms with Crippen molar-refractivity contribution in [2.75, 3.05) is 6.54 Å². The summed E-state index contributed by atoms with van der Waals surface area (Å²) in [4.78, 5) is 1.02. The molecule has 0 aromatic heterocycles. The molecule has 0 spiro atoms. The number of unbranched alkanes of at least 4 members (excludes halogenated alkanes) is 1. The van der Waals surface area contributed by atoms with E-state index in [1.165, 1.54) is 37.7 Å². The maximum Gasteiger partial charge on any atom is 0.0400 e. The third kappa shape index (κ3) is 7.02. The molecule has 0 amide bonds. The minimum Gasteiger partial charge on any atom is -0.309 e. The van der Waals surface area contributed by atoms with Crippen LogP contribution in [-0.4, -0.2) is 17.5 Å². The second-order valence-electron chi connectivity index (χ2n) is 6.69. The summed E-state index contributed by atoms with van der Waals surface area (Å²) >= 11 is 5.58. The van der Waals surface area contributed by atoms with Crippen LogP contribution >= 0.6 is 12.2 Å². The molecule has 0 saturated heterocycles. The van der Waals surface area contributed by atoms with Crippen LogP contribution in [0.1, 0.15) is 65.4 Å². The van der Waals surface area contributed by atoms with Gasteiger partial charge in [-0.25, -0.2) is 0 Å². The van der Waals surface area contributed by atoms with Crippen LogP contribution in [0.5, 0.6) is 0 Å². The molecule has 2 heteroatoms. The Balaban J connectivity index is 2.29. The Labute approximate surface area is 142 Å². The summed E-state index contributed by atoms with van der Waals surface area (Å²) in [6.07, 6.45) is 6.63. The van der Waals surface area contributed by atoms with Gasteiger partial charge in [-0.2, -0.15) is 0 Å². The first-order valence-electron chi connectivity index (χ1n) is 8.88. The molecule has 1 N–H and O–H groups in total. The molecule has 0 fully saturated rings. The minimum absolute atomic E-state index is 0.269. The molecule has 22 heavy (non-hydrogen) atoms. The van der Waals surface area contributed by atoms with Gasteiger partial charge < -0.3 is 5.32 Å². The molecule has 0 heterocycles. The molecular formula is C20H33NS. The number of rotatable bonds is 11. The zero-order valence-corrected chi connectivity index (χ0v) is 15.6. The molecular weight excluding hydrogens is 286 g/mol. The van der Waals surface area contributed by atoms with E-state index in [2.05, 4.69) is 57.3 Å². The molecule has 0 aliphatic rings. The topological polar surface area (TPSA) is 12.0 Å². The van der Waals surface area contributed by atoms with Gasteiger partial charge in [0.05, 0.1) is 0 Å². The van der Waals surface area contributed by atoms with Gasteiger partial charge in [0.25, 0.3) is 0 Å². The fourth-order valence-electron chi connectivity index (χ4n) is 2.91. The van der Waals surface area contributed by atoms with Crippen LogP contribution in [0.3, 0.4) is 0 Å². The van der Waals surface area contributed by atoms with Gasteiger partial charge in [0.2, 0.25) is 0 Å². The highest BCUT2D eigenvalue weighted by Gasteiger charge is 2.13. The Morgan fingerprint density at radius 3 is 2.27 bits per heavy atom. The van der Waals surface area contributed by atoms with Crippen LogP contribution in [0.2, 0.25) is 0 Å². The Hall–Kier alpha value is -0.730. The third-order valence-electron chi connectivity index (χ3n) is 4.53. The number of hydrogen-bond acceptors (Lipinski definition) is 2. The summed E-state index contributed by atoms with van der Waals surface area (Å²) in [5.74, 6) is 1.67. The van der Waals surface area contributed by atoms with Crippen molar-refractivity contribution in [1.29, 1.82) is 0 Å². The van der Waals surface area contributed by atoms with Gasteiger partial charge in [-0.15, -0.1) is 0 Å². The van der Waals surface area contributed by atoms with E-state index < -0.39 is 0 Å². The van der Waals surface area contributed by atoms with E-state index in [0.717, 1.165) is 23.2 Å². The van der Waals surface area contributed by atoms with Crippen molar-refractivity contribution in [2.45, 2.75) is 65.8 Å². The first-order chi connectivity index (χ1) is 10.6. The van der Waals surface area contributed by atoms with E-state index >= 15 is 0 Å². The van der Waals surface area contributed by atoms with E-state index in [1.807, 2.05) is 6.07 Å². The molecule has 0 radical (unpaired) electrons. The van der Waals surface area contributed by atoms with Gasteiger partial charge in [0.1, 0.15) is 0 Å². The second-order valence-corrected chi connectivity index (χ2v) is 7.13. The lowest BCUT2D eigenvalue weighted by Gasteiger charge is -2.21. The lowest BCUT2D eigenvalue weighted by molar-refractivity contribution is 0.318. The highest BCUT2D eigenvalue weighted by Crippen LogP contribution is 2.23. The van der Waals surface area contributed by atoms with Gasteiger partial charge in [0, 0.05) is 10.9 Å². The molecule has 0 bridgehead atoms. The number of thiocarbonyl (C=S) groups is 1. The molecule has 1 aromatic carbocycles. The Morgan fingerprint density at radius 1 is 1.05 bits per heavy atom. The smallest absolute Gasteiger partial charge is 0.0400 e. The Bertz CT molecular complexity index is 413. The lowest BCUT2D eigenvalue weighted by Crippen LogP contribution is -2.34. The summed E-state index contributed by atoms with van der Waals surface area (Å²) in [6, 6.07) is 10.6. The second kappa shape index (κ2) is 10.9. The number of nitrogens with one attached hydrogen (secondary N) is 1. The van der Waals surface area contributed by atoms with E-state index in [4.69, 9.17) is 12.2 Å². The maximum absolute atomic E-state index is 5.58. The zero-order valence-electron chi connectivity index (χ0n) is 14.8. The van der Waals surface area contributed by atoms with E-state index in [-0.39, 0.29) is 6.04 Å². The van der Waals surface area contributed by atoms with Crippen molar-refractivity contribution in [2.24, 2.45) is 11.8 Å². The fourth-order valence-corrected chi connectivity index (χ4v) is 3.12. The van der Waals surface area contributed by atoms with Crippen molar-refractivity contribution in [3.8, 4) is 0 Å². The molecule has 0 saturated carbocycles. The molecule has 1 rings (SSSR count). The van der Waals surface area contributed by atoms with E-state index in [0.29, 0.717) is 0 Å². The molecule has 0 aliphatic heterocycles. The van der Waals surface area contributed by atoms with Gasteiger partial charge in [0.15, 0.2) is 0 Å². The Morgan fingerprint density at radius 2 is 1.68 bits per heavy atom. The van der Waals surface area contributed by atoms with Crippen molar-refractivity contribution in [1.82, 2.24) is 5.32 Å². The average molecular weight is 320 g/mol. The summed E-state index contributed by atoms with van der Waals surface area (Å²) in [7, 11) is 0. The van der Waals surface area contributed by atoms with Crippen LogP contribution < -0.4 is 5.32 Å². The largest absolute Gasteiger partial charge is 0.309 e. The van der Waals surface area contributed by atoms with Gasteiger partial charge >= 0.3 is 0 Å². The number of hydrogen-bond donors (Lipinski definition) is 1. The SMILES string of the molecule is CCCCC(CCCNC(C)C(=S)c1ccccc1)C(C)C. The predicted octanol–water partition coefficient (Wildman–Crippen LogP) is 5.63. The van der Waals surface area contributed by atoms with Crippen LogP contribution in [0.15, 0.2) is 30.3 Å². The zero-order chi connectivity index (χ0) is 16.4. The highest BCUT2D eigenvalue weighted by atomic mass is 32.1. The van der Waals surface area contributed by atoms with E-state index in [9.17, 15) is 0 Å². The first kappa shape index (κ1) is 19.3. The highest BCUT2D eigenvalue weighted by molar-refractivity contribution is 7.81. The van der Waals surface area contributed by atoms with Crippen molar-refractivity contribution < 1.29 is 0 Å². The summed E-state index contributed by atoms with van der Waals surface area (Å²) < 4.78 is 0. The molecule has 124 valence electrons. The minimum atomic E-state index is 0.269. The molecule has 1 aromatic rings. The van der Waals surface area contributed by atoms with Crippen LogP contribution in [0.25, 0.3) is 0 Å².